The Morgan fingerprint density at radius 2 is 1.94 bits per heavy atom. The average Bonchev–Trinajstić information content (AvgIpc) is 2.70. The van der Waals surface area contributed by atoms with E-state index in [2.05, 4.69) is 20.8 Å². The number of aromatic hydroxyl groups is 1. The first kappa shape index (κ1) is 20.0. The van der Waals surface area contributed by atoms with Crippen LogP contribution in [-0.4, -0.2) is 29.2 Å². The fourth-order valence-electron chi connectivity index (χ4n) is 5.59. The number of rotatable bonds is 4. The third kappa shape index (κ3) is 3.18. The van der Waals surface area contributed by atoms with Crippen LogP contribution in [0.2, 0.25) is 0 Å². The molecule has 5 rings (SSSR count). The molecule has 2 heterocycles. The molecule has 5 nitrogen and oxygen atoms in total. The highest BCUT2D eigenvalue weighted by Crippen LogP contribution is 2.61. The van der Waals surface area contributed by atoms with E-state index in [0.717, 1.165) is 36.1 Å². The van der Waals surface area contributed by atoms with E-state index >= 15 is 0 Å². The minimum atomic E-state index is -0.421. The van der Waals surface area contributed by atoms with Crippen LogP contribution in [0.4, 0.5) is 0 Å². The van der Waals surface area contributed by atoms with Crippen molar-refractivity contribution in [3.8, 4) is 23.0 Å². The van der Waals surface area contributed by atoms with Crippen LogP contribution in [0.5, 0.6) is 23.0 Å². The minimum Gasteiger partial charge on any atom is -0.507 e. The first-order chi connectivity index (χ1) is 14.7. The summed E-state index contributed by atoms with van der Waals surface area (Å²) in [6, 6.07) is 9.03. The molecule has 5 heteroatoms. The molecule has 0 amide bonds. The smallest absolute Gasteiger partial charge is 0.193 e. The van der Waals surface area contributed by atoms with Gasteiger partial charge in [0.05, 0.1) is 7.11 Å². The highest BCUT2D eigenvalue weighted by molar-refractivity contribution is 6.11. The lowest BCUT2D eigenvalue weighted by Gasteiger charge is -2.55. The summed E-state index contributed by atoms with van der Waals surface area (Å²) in [5.74, 6) is 2.12. The summed E-state index contributed by atoms with van der Waals surface area (Å²) in [7, 11) is 1.61. The van der Waals surface area contributed by atoms with Gasteiger partial charge in [0.1, 0.15) is 39.8 Å². The zero-order chi connectivity index (χ0) is 22.0. The summed E-state index contributed by atoms with van der Waals surface area (Å²) in [6.07, 6.45) is 6.11. The van der Waals surface area contributed by atoms with E-state index < -0.39 is 5.60 Å². The van der Waals surface area contributed by atoms with E-state index in [1.165, 1.54) is 6.08 Å². The van der Waals surface area contributed by atoms with E-state index in [-0.39, 0.29) is 28.6 Å². The molecule has 1 saturated carbocycles. The standard InChI is InChI=1S/C26H28O5/c1-25(2)18-11-12-26(3)14-17(18)22-21(30-26)13-20(28)23(24(22)31-25)19(27)10-7-15-5-8-16(29-4)9-6-15/h5-10,13,17-18,28H,11-12,14H2,1-4H3/b10-7+. The summed E-state index contributed by atoms with van der Waals surface area (Å²) in [6.45, 7) is 6.32. The number of phenolic OH excluding ortho intramolecular Hbond substituents is 1. The van der Waals surface area contributed by atoms with Gasteiger partial charge in [-0.1, -0.05) is 18.2 Å². The molecule has 0 saturated heterocycles. The first-order valence-electron chi connectivity index (χ1n) is 10.9. The van der Waals surface area contributed by atoms with Gasteiger partial charge in [0.15, 0.2) is 5.78 Å². The van der Waals surface area contributed by atoms with E-state index in [1.807, 2.05) is 24.3 Å². The fraction of sp³-hybridized carbons (Fsp3) is 0.423. The molecule has 1 fully saturated rings. The number of carbonyl (C=O) groups excluding carboxylic acids is 1. The van der Waals surface area contributed by atoms with Crippen molar-refractivity contribution in [1.82, 2.24) is 0 Å². The van der Waals surface area contributed by atoms with Crippen molar-refractivity contribution in [3.63, 3.8) is 0 Å². The number of methoxy groups -OCH3 is 1. The molecule has 0 aromatic heterocycles. The molecule has 3 unspecified atom stereocenters. The van der Waals surface area contributed by atoms with E-state index in [4.69, 9.17) is 14.2 Å². The van der Waals surface area contributed by atoms with Crippen molar-refractivity contribution in [2.75, 3.05) is 7.11 Å². The van der Waals surface area contributed by atoms with Crippen molar-refractivity contribution in [1.29, 1.82) is 0 Å². The van der Waals surface area contributed by atoms with Gasteiger partial charge in [-0.3, -0.25) is 4.79 Å². The Balaban J connectivity index is 1.57. The van der Waals surface area contributed by atoms with Gasteiger partial charge in [-0.2, -0.15) is 0 Å². The Morgan fingerprint density at radius 3 is 2.65 bits per heavy atom. The lowest BCUT2D eigenvalue weighted by molar-refractivity contribution is -0.0731. The molecule has 162 valence electrons. The molecule has 1 aliphatic carbocycles. The molecule has 2 aliphatic heterocycles. The second-order valence-electron chi connectivity index (χ2n) is 9.70. The molecule has 0 radical (unpaired) electrons. The van der Waals surface area contributed by atoms with Crippen molar-refractivity contribution in [2.24, 2.45) is 5.92 Å². The second-order valence-corrected chi connectivity index (χ2v) is 9.70. The summed E-state index contributed by atoms with van der Waals surface area (Å²) >= 11 is 0. The summed E-state index contributed by atoms with van der Waals surface area (Å²) in [4.78, 5) is 13.2. The van der Waals surface area contributed by atoms with Crippen LogP contribution in [0, 0.1) is 5.92 Å². The van der Waals surface area contributed by atoms with Gasteiger partial charge < -0.3 is 19.3 Å². The topological polar surface area (TPSA) is 65.0 Å². The molecule has 31 heavy (non-hydrogen) atoms. The largest absolute Gasteiger partial charge is 0.507 e. The van der Waals surface area contributed by atoms with Crippen LogP contribution >= 0.6 is 0 Å². The Bertz CT molecular complexity index is 1080. The lowest BCUT2D eigenvalue weighted by atomic mass is 9.61. The van der Waals surface area contributed by atoms with Crippen LogP contribution in [0.15, 0.2) is 36.4 Å². The predicted octanol–water partition coefficient (Wildman–Crippen LogP) is 5.50. The second kappa shape index (κ2) is 6.78. The van der Waals surface area contributed by atoms with Crippen LogP contribution in [-0.2, 0) is 0 Å². The lowest BCUT2D eigenvalue weighted by Crippen LogP contribution is -2.54. The maximum Gasteiger partial charge on any atom is 0.193 e. The minimum absolute atomic E-state index is 0.101. The molecule has 2 aromatic rings. The number of benzene rings is 2. The molecule has 1 N–H and O–H groups in total. The number of fused-ring (bicyclic) bond motifs is 1. The fourth-order valence-corrected chi connectivity index (χ4v) is 5.59. The number of ketones is 1. The van der Waals surface area contributed by atoms with Crippen LogP contribution < -0.4 is 14.2 Å². The highest BCUT2D eigenvalue weighted by Gasteiger charge is 2.55. The zero-order valence-electron chi connectivity index (χ0n) is 18.4. The van der Waals surface area contributed by atoms with E-state index in [1.54, 1.807) is 19.3 Å². The first-order valence-corrected chi connectivity index (χ1v) is 10.9. The predicted molar refractivity (Wildman–Crippen MR) is 118 cm³/mol. The number of hydrogen-bond donors (Lipinski definition) is 1. The quantitative estimate of drug-likeness (QED) is 0.522. The van der Waals surface area contributed by atoms with Gasteiger partial charge in [-0.15, -0.1) is 0 Å². The van der Waals surface area contributed by atoms with Crippen molar-refractivity contribution in [2.45, 2.75) is 57.2 Å². The number of phenols is 1. The van der Waals surface area contributed by atoms with Crippen LogP contribution in [0.25, 0.3) is 6.08 Å². The molecule has 2 aromatic carbocycles. The number of allylic oxidation sites excluding steroid dienone is 1. The zero-order valence-corrected chi connectivity index (χ0v) is 18.4. The van der Waals surface area contributed by atoms with Crippen molar-refractivity contribution < 1.29 is 24.1 Å². The number of carbonyl (C=O) groups is 1. The van der Waals surface area contributed by atoms with Gasteiger partial charge in [0, 0.05) is 23.5 Å². The van der Waals surface area contributed by atoms with Gasteiger partial charge >= 0.3 is 0 Å². The van der Waals surface area contributed by atoms with Crippen molar-refractivity contribution in [3.05, 3.63) is 53.1 Å². The average molecular weight is 421 g/mol. The van der Waals surface area contributed by atoms with E-state index in [9.17, 15) is 9.90 Å². The van der Waals surface area contributed by atoms with Gasteiger partial charge in [-0.05, 0) is 63.8 Å². The van der Waals surface area contributed by atoms with E-state index in [0.29, 0.717) is 17.4 Å². The monoisotopic (exact) mass is 420 g/mol. The summed E-state index contributed by atoms with van der Waals surface area (Å²) in [5.41, 5.74) is 1.38. The Morgan fingerprint density at radius 1 is 1.19 bits per heavy atom. The molecule has 3 aliphatic rings. The maximum absolute atomic E-state index is 13.2. The Labute approximate surface area is 182 Å². The van der Waals surface area contributed by atoms with Crippen LogP contribution in [0.1, 0.15) is 67.4 Å². The van der Waals surface area contributed by atoms with Gasteiger partial charge in [-0.25, -0.2) is 0 Å². The SMILES string of the molecule is COc1ccc(/C=C/C(=O)c2c(O)cc3c4c2OC(C)(C)C2CCC(C)(CC42)O3)cc1. The highest BCUT2D eigenvalue weighted by atomic mass is 16.5. The molecular weight excluding hydrogens is 392 g/mol. The van der Waals surface area contributed by atoms with Gasteiger partial charge in [0.25, 0.3) is 0 Å². The molecule has 0 spiro atoms. The third-order valence-corrected chi connectivity index (χ3v) is 7.16. The van der Waals surface area contributed by atoms with Gasteiger partial charge in [0.2, 0.25) is 0 Å². The Hall–Kier alpha value is -2.95. The Kier molecular flexibility index (Phi) is 4.37. The summed E-state index contributed by atoms with van der Waals surface area (Å²) in [5, 5.41) is 10.8. The summed E-state index contributed by atoms with van der Waals surface area (Å²) < 4.78 is 17.9. The maximum atomic E-state index is 13.2. The molecular formula is C26H28O5. The molecule has 2 bridgehead atoms. The third-order valence-electron chi connectivity index (χ3n) is 7.16. The van der Waals surface area contributed by atoms with Crippen LogP contribution in [0.3, 0.4) is 0 Å². The normalized spacial score (nSPS) is 27.4. The molecule has 3 atom stereocenters. The number of hydrogen-bond acceptors (Lipinski definition) is 5. The number of ether oxygens (including phenoxy) is 3. The van der Waals surface area contributed by atoms with Crippen molar-refractivity contribution >= 4 is 11.9 Å².